The number of unbranched alkanes of at least 4 members (excludes halogenated alkanes) is 8. The number of amides is 1. The van der Waals surface area contributed by atoms with Gasteiger partial charge >= 0.3 is 0 Å². The number of primary amides is 1. The third-order valence-corrected chi connectivity index (χ3v) is 3.03. The normalized spacial score (nSPS) is 11.0. The van der Waals surface area contributed by atoms with Crippen LogP contribution in [0.2, 0.25) is 0 Å². The molecule has 3 nitrogen and oxygen atoms in total. The van der Waals surface area contributed by atoms with Gasteiger partial charge in [-0.05, 0) is 33.5 Å². The van der Waals surface area contributed by atoms with Crippen LogP contribution >= 0.6 is 0 Å². The van der Waals surface area contributed by atoms with Gasteiger partial charge in [-0.3, -0.25) is 4.79 Å². The van der Waals surface area contributed by atoms with E-state index in [9.17, 15) is 4.79 Å². The number of hydrogen-bond donors (Lipinski definition) is 1. The lowest BCUT2D eigenvalue weighted by Gasteiger charge is -2.08. The lowest BCUT2D eigenvalue weighted by atomic mass is 10.1. The van der Waals surface area contributed by atoms with E-state index in [-0.39, 0.29) is 5.91 Å². The summed E-state index contributed by atoms with van der Waals surface area (Å²) >= 11 is 0. The van der Waals surface area contributed by atoms with Gasteiger partial charge in [0.05, 0.1) is 0 Å². The molecule has 0 aliphatic carbocycles. The van der Waals surface area contributed by atoms with E-state index >= 15 is 0 Å². The Bertz CT molecular complexity index is 181. The number of nitrogens with zero attached hydrogens (tertiary/aromatic N) is 1. The molecule has 1 amide bonds. The van der Waals surface area contributed by atoms with Crippen LogP contribution in [0.5, 0.6) is 0 Å². The van der Waals surface area contributed by atoms with Gasteiger partial charge in [0.2, 0.25) is 5.91 Å². The quantitative estimate of drug-likeness (QED) is 0.535. The minimum atomic E-state index is -0.161. The maximum atomic E-state index is 10.5. The zero-order valence-corrected chi connectivity index (χ0v) is 11.7. The van der Waals surface area contributed by atoms with Crippen molar-refractivity contribution < 1.29 is 4.79 Å². The van der Waals surface area contributed by atoms with E-state index in [1.165, 1.54) is 51.5 Å². The lowest BCUT2D eigenvalue weighted by molar-refractivity contribution is -0.118. The first-order valence-corrected chi connectivity index (χ1v) is 7.06. The topological polar surface area (TPSA) is 46.3 Å². The van der Waals surface area contributed by atoms with Crippen molar-refractivity contribution in [1.82, 2.24) is 4.90 Å². The minimum absolute atomic E-state index is 0.161. The van der Waals surface area contributed by atoms with Gasteiger partial charge in [0, 0.05) is 6.42 Å². The highest BCUT2D eigenvalue weighted by molar-refractivity contribution is 5.73. The Morgan fingerprint density at radius 2 is 1.24 bits per heavy atom. The Balaban J connectivity index is 2.96. The monoisotopic (exact) mass is 242 g/mol. The highest BCUT2D eigenvalue weighted by Gasteiger charge is 1.95. The maximum Gasteiger partial charge on any atom is 0.217 e. The van der Waals surface area contributed by atoms with E-state index in [1.54, 1.807) is 0 Å². The van der Waals surface area contributed by atoms with Crippen molar-refractivity contribution in [2.45, 2.75) is 64.2 Å². The fourth-order valence-electron chi connectivity index (χ4n) is 1.96. The Morgan fingerprint density at radius 3 is 1.65 bits per heavy atom. The summed E-state index contributed by atoms with van der Waals surface area (Å²) < 4.78 is 0. The summed E-state index contributed by atoms with van der Waals surface area (Å²) in [4.78, 5) is 12.8. The molecule has 0 aliphatic rings. The van der Waals surface area contributed by atoms with Crippen molar-refractivity contribution >= 4 is 5.91 Å². The van der Waals surface area contributed by atoms with Crippen LogP contribution in [0.1, 0.15) is 64.2 Å². The summed E-state index contributed by atoms with van der Waals surface area (Å²) in [6.07, 6.45) is 12.0. The second-order valence-electron chi connectivity index (χ2n) is 5.20. The lowest BCUT2D eigenvalue weighted by Crippen LogP contribution is -2.12. The molecular formula is C14H30N2O. The first-order valence-electron chi connectivity index (χ1n) is 7.06. The average Bonchev–Trinajstić information content (AvgIpc) is 2.25. The standard InChI is InChI=1S/C14H30N2O/c1-16(2)13-11-9-7-5-3-4-6-8-10-12-14(15)17/h3-13H2,1-2H3,(H2,15,17). The second kappa shape index (κ2) is 11.9. The number of carbonyl (C=O) groups excluding carboxylic acids is 1. The smallest absolute Gasteiger partial charge is 0.217 e. The van der Waals surface area contributed by atoms with E-state index in [2.05, 4.69) is 19.0 Å². The van der Waals surface area contributed by atoms with E-state index in [0.29, 0.717) is 6.42 Å². The SMILES string of the molecule is CN(C)CCCCCCCCCCCC(N)=O. The van der Waals surface area contributed by atoms with Gasteiger partial charge in [-0.15, -0.1) is 0 Å². The van der Waals surface area contributed by atoms with Gasteiger partial charge < -0.3 is 10.6 Å². The van der Waals surface area contributed by atoms with E-state index in [4.69, 9.17) is 5.73 Å². The van der Waals surface area contributed by atoms with E-state index in [0.717, 1.165) is 12.8 Å². The summed E-state index contributed by atoms with van der Waals surface area (Å²) in [5.74, 6) is -0.161. The number of hydrogen-bond acceptors (Lipinski definition) is 2. The highest BCUT2D eigenvalue weighted by Crippen LogP contribution is 2.10. The van der Waals surface area contributed by atoms with Gasteiger partial charge in [0.25, 0.3) is 0 Å². The third kappa shape index (κ3) is 15.4. The van der Waals surface area contributed by atoms with Gasteiger partial charge in [0.15, 0.2) is 0 Å². The fraction of sp³-hybridized carbons (Fsp3) is 0.929. The van der Waals surface area contributed by atoms with Crippen LogP contribution in [0, 0.1) is 0 Å². The molecule has 0 saturated carbocycles. The number of nitrogens with two attached hydrogens (primary N) is 1. The van der Waals surface area contributed by atoms with Crippen LogP contribution in [0.15, 0.2) is 0 Å². The fourth-order valence-corrected chi connectivity index (χ4v) is 1.96. The predicted octanol–water partition coefficient (Wildman–Crippen LogP) is 2.93. The third-order valence-electron chi connectivity index (χ3n) is 3.03. The maximum absolute atomic E-state index is 10.5. The summed E-state index contributed by atoms with van der Waals surface area (Å²) in [7, 11) is 4.26. The zero-order valence-electron chi connectivity index (χ0n) is 11.7. The molecule has 0 saturated heterocycles. The number of rotatable bonds is 12. The molecule has 0 radical (unpaired) electrons. The molecule has 0 aliphatic heterocycles. The Morgan fingerprint density at radius 1 is 0.824 bits per heavy atom. The van der Waals surface area contributed by atoms with Crippen LogP contribution in [0.3, 0.4) is 0 Å². The molecule has 0 aromatic rings. The molecule has 0 aromatic carbocycles. The molecule has 0 aromatic heterocycles. The Kier molecular flexibility index (Phi) is 11.5. The summed E-state index contributed by atoms with van der Waals surface area (Å²) in [6.45, 7) is 1.22. The highest BCUT2D eigenvalue weighted by atomic mass is 16.1. The molecule has 0 rings (SSSR count). The molecule has 2 N–H and O–H groups in total. The summed E-state index contributed by atoms with van der Waals surface area (Å²) in [6, 6.07) is 0. The van der Waals surface area contributed by atoms with Crippen LogP contribution in [0.25, 0.3) is 0 Å². The van der Waals surface area contributed by atoms with Crippen molar-refractivity contribution in [2.24, 2.45) is 5.73 Å². The minimum Gasteiger partial charge on any atom is -0.370 e. The zero-order chi connectivity index (χ0) is 12.9. The van der Waals surface area contributed by atoms with Crippen LogP contribution in [-0.2, 0) is 4.79 Å². The molecule has 102 valence electrons. The van der Waals surface area contributed by atoms with Crippen LogP contribution in [0.4, 0.5) is 0 Å². The molecule has 0 atom stereocenters. The molecule has 3 heteroatoms. The predicted molar refractivity (Wildman–Crippen MR) is 73.9 cm³/mol. The van der Waals surface area contributed by atoms with Crippen molar-refractivity contribution in [3.63, 3.8) is 0 Å². The molecule has 0 heterocycles. The van der Waals surface area contributed by atoms with Crippen molar-refractivity contribution in [2.75, 3.05) is 20.6 Å². The van der Waals surface area contributed by atoms with E-state index < -0.39 is 0 Å². The van der Waals surface area contributed by atoms with Crippen molar-refractivity contribution in [3.05, 3.63) is 0 Å². The Hall–Kier alpha value is -0.570. The van der Waals surface area contributed by atoms with Gasteiger partial charge in [-0.2, -0.15) is 0 Å². The first-order chi connectivity index (χ1) is 8.13. The molecule has 0 fully saturated rings. The number of carbonyl (C=O) groups is 1. The largest absolute Gasteiger partial charge is 0.370 e. The summed E-state index contributed by atoms with van der Waals surface area (Å²) in [5, 5.41) is 0. The summed E-state index contributed by atoms with van der Waals surface area (Å²) in [5.41, 5.74) is 5.08. The van der Waals surface area contributed by atoms with E-state index in [1.807, 2.05) is 0 Å². The average molecular weight is 242 g/mol. The van der Waals surface area contributed by atoms with Crippen LogP contribution < -0.4 is 5.73 Å². The Labute approximate surface area is 107 Å². The molecule has 0 spiro atoms. The van der Waals surface area contributed by atoms with Gasteiger partial charge in [0.1, 0.15) is 0 Å². The molecule has 0 bridgehead atoms. The van der Waals surface area contributed by atoms with Crippen LogP contribution in [-0.4, -0.2) is 31.4 Å². The van der Waals surface area contributed by atoms with Crippen molar-refractivity contribution in [1.29, 1.82) is 0 Å². The van der Waals surface area contributed by atoms with Crippen molar-refractivity contribution in [3.8, 4) is 0 Å². The molecular weight excluding hydrogens is 212 g/mol. The second-order valence-corrected chi connectivity index (χ2v) is 5.20. The van der Waals surface area contributed by atoms with Gasteiger partial charge in [-0.1, -0.05) is 44.9 Å². The molecule has 17 heavy (non-hydrogen) atoms. The first kappa shape index (κ1) is 16.4. The molecule has 0 unspecified atom stereocenters. The van der Waals surface area contributed by atoms with Gasteiger partial charge in [-0.25, -0.2) is 0 Å².